The molecule has 4 aromatic rings. The van der Waals surface area contributed by atoms with E-state index in [1.807, 2.05) is 36.4 Å². The number of carbonyl (C=O) groups excluding carboxylic acids is 1. The molecule has 3 aromatic carbocycles. The highest BCUT2D eigenvalue weighted by Gasteiger charge is 2.16. The number of methoxy groups -OCH3 is 1. The highest BCUT2D eigenvalue weighted by atomic mass is 16.6. The van der Waals surface area contributed by atoms with Gasteiger partial charge in [0.25, 0.3) is 0 Å². The molecule has 0 radical (unpaired) electrons. The highest BCUT2D eigenvalue weighted by molar-refractivity contribution is 5.90. The van der Waals surface area contributed by atoms with Crippen LogP contribution in [0.3, 0.4) is 0 Å². The van der Waals surface area contributed by atoms with Crippen LogP contribution in [0, 0.1) is 0 Å². The van der Waals surface area contributed by atoms with Crippen molar-refractivity contribution in [2.75, 3.05) is 7.11 Å². The molecular weight excluding hydrogens is 398 g/mol. The van der Waals surface area contributed by atoms with Gasteiger partial charge < -0.3 is 18.9 Å². The van der Waals surface area contributed by atoms with E-state index in [2.05, 4.69) is 15.0 Å². The topological polar surface area (TPSA) is 92.7 Å². The number of para-hydroxylation sites is 2. The van der Waals surface area contributed by atoms with Crippen molar-refractivity contribution in [2.24, 2.45) is 0 Å². The molecule has 0 bridgehead atoms. The summed E-state index contributed by atoms with van der Waals surface area (Å²) in [5, 5.41) is 0. The molecule has 31 heavy (non-hydrogen) atoms. The maximum atomic E-state index is 12.5. The Hall–Kier alpha value is -4.46. The van der Waals surface area contributed by atoms with Crippen LogP contribution >= 0.6 is 0 Å². The van der Waals surface area contributed by atoms with Crippen LogP contribution in [-0.4, -0.2) is 28.0 Å². The lowest BCUT2D eigenvalue weighted by molar-refractivity contribution is 0.0717. The Kier molecular flexibility index (Phi) is 5.99. The average Bonchev–Trinajstić information content (AvgIpc) is 2.80. The van der Waals surface area contributed by atoms with E-state index in [4.69, 9.17) is 18.9 Å². The highest BCUT2D eigenvalue weighted by Crippen LogP contribution is 2.24. The number of benzene rings is 3. The molecule has 0 aliphatic rings. The van der Waals surface area contributed by atoms with Crippen LogP contribution in [0.5, 0.6) is 35.3 Å². The minimum atomic E-state index is -0.648. The molecule has 0 aliphatic heterocycles. The summed E-state index contributed by atoms with van der Waals surface area (Å²) in [6, 6.07) is 23.9. The van der Waals surface area contributed by atoms with Crippen molar-refractivity contribution < 1.29 is 23.7 Å². The number of aromatic nitrogens is 3. The zero-order valence-electron chi connectivity index (χ0n) is 16.5. The van der Waals surface area contributed by atoms with E-state index in [9.17, 15) is 4.79 Å². The Morgan fingerprint density at radius 3 is 1.58 bits per heavy atom. The van der Waals surface area contributed by atoms with Crippen LogP contribution < -0.4 is 18.9 Å². The van der Waals surface area contributed by atoms with Crippen molar-refractivity contribution >= 4 is 5.97 Å². The molecule has 0 spiro atoms. The lowest BCUT2D eigenvalue weighted by Crippen LogP contribution is -2.12. The Bertz CT molecular complexity index is 1090. The molecule has 1 heterocycles. The molecule has 0 amide bonds. The number of ether oxygens (including phenoxy) is 4. The molecule has 0 N–H and O–H groups in total. The quantitative estimate of drug-likeness (QED) is 0.402. The van der Waals surface area contributed by atoms with E-state index in [1.165, 1.54) is 0 Å². The Labute approximate surface area is 178 Å². The van der Waals surface area contributed by atoms with Gasteiger partial charge in [-0.25, -0.2) is 4.79 Å². The van der Waals surface area contributed by atoms with Crippen molar-refractivity contribution in [1.29, 1.82) is 0 Å². The molecule has 0 atom stereocenters. The third kappa shape index (κ3) is 5.33. The van der Waals surface area contributed by atoms with Gasteiger partial charge in [-0.3, -0.25) is 0 Å². The summed E-state index contributed by atoms with van der Waals surface area (Å²) in [6.45, 7) is 0. The maximum Gasteiger partial charge on any atom is 0.345 e. The van der Waals surface area contributed by atoms with Crippen LogP contribution in [0.15, 0.2) is 84.9 Å². The van der Waals surface area contributed by atoms with Gasteiger partial charge in [0.15, 0.2) is 0 Å². The molecule has 0 saturated heterocycles. The van der Waals surface area contributed by atoms with Crippen LogP contribution in [0.4, 0.5) is 0 Å². The van der Waals surface area contributed by atoms with Gasteiger partial charge in [-0.2, -0.15) is 0 Å². The van der Waals surface area contributed by atoms with Crippen LogP contribution in [-0.2, 0) is 0 Å². The molecular formula is C23H17N3O5. The minimum absolute atomic E-state index is 0.0790. The molecule has 154 valence electrons. The third-order valence-electron chi connectivity index (χ3n) is 3.99. The second-order valence-corrected chi connectivity index (χ2v) is 6.13. The van der Waals surface area contributed by atoms with Gasteiger partial charge >= 0.3 is 24.0 Å². The van der Waals surface area contributed by atoms with E-state index in [-0.39, 0.29) is 18.0 Å². The monoisotopic (exact) mass is 415 g/mol. The number of rotatable bonds is 7. The van der Waals surface area contributed by atoms with Crippen molar-refractivity contribution in [3.63, 3.8) is 0 Å². The fourth-order valence-corrected chi connectivity index (χ4v) is 2.51. The van der Waals surface area contributed by atoms with Gasteiger partial charge in [-0.15, -0.1) is 15.0 Å². The van der Waals surface area contributed by atoms with Crippen LogP contribution in [0.2, 0.25) is 0 Å². The van der Waals surface area contributed by atoms with Crippen LogP contribution in [0.1, 0.15) is 10.4 Å². The number of hydrogen-bond acceptors (Lipinski definition) is 8. The van der Waals surface area contributed by atoms with Crippen molar-refractivity contribution in [3.05, 3.63) is 90.5 Å². The minimum Gasteiger partial charge on any atom is -0.497 e. The standard InChI is InChI=1S/C23H17N3O5/c1-28-17-14-12-16(13-15-17)20(27)31-23-25-21(29-18-8-4-2-5-9-18)24-22(26-23)30-19-10-6-3-7-11-19/h2-15H,1H3. The van der Waals surface area contributed by atoms with Crippen molar-refractivity contribution in [2.45, 2.75) is 0 Å². The normalized spacial score (nSPS) is 10.2. The Balaban J connectivity index is 1.60. The summed E-state index contributed by atoms with van der Waals surface area (Å²) in [7, 11) is 1.54. The summed E-state index contributed by atoms with van der Waals surface area (Å²) >= 11 is 0. The first-order valence-electron chi connectivity index (χ1n) is 9.28. The second-order valence-electron chi connectivity index (χ2n) is 6.13. The molecule has 0 unspecified atom stereocenters. The van der Waals surface area contributed by atoms with Gasteiger partial charge in [0.05, 0.1) is 12.7 Å². The number of hydrogen-bond donors (Lipinski definition) is 0. The molecule has 8 nitrogen and oxygen atoms in total. The maximum absolute atomic E-state index is 12.5. The number of nitrogens with zero attached hydrogens (tertiary/aromatic N) is 3. The van der Waals surface area contributed by atoms with Gasteiger partial charge in [0.2, 0.25) is 0 Å². The van der Waals surface area contributed by atoms with Gasteiger partial charge in [0, 0.05) is 0 Å². The fourth-order valence-electron chi connectivity index (χ4n) is 2.51. The molecule has 0 saturated carbocycles. The first kappa shape index (κ1) is 19.8. The second kappa shape index (κ2) is 9.36. The van der Waals surface area contributed by atoms with Gasteiger partial charge in [0.1, 0.15) is 17.2 Å². The summed E-state index contributed by atoms with van der Waals surface area (Å²) < 4.78 is 21.8. The zero-order chi connectivity index (χ0) is 21.5. The van der Waals surface area contributed by atoms with Crippen LogP contribution in [0.25, 0.3) is 0 Å². The Morgan fingerprint density at radius 2 is 1.10 bits per heavy atom. The van der Waals surface area contributed by atoms with E-state index in [1.54, 1.807) is 55.6 Å². The largest absolute Gasteiger partial charge is 0.497 e. The first-order valence-corrected chi connectivity index (χ1v) is 9.28. The first-order chi connectivity index (χ1) is 15.2. The van der Waals surface area contributed by atoms with Crippen molar-refractivity contribution in [1.82, 2.24) is 15.0 Å². The molecule has 0 aliphatic carbocycles. The van der Waals surface area contributed by atoms with E-state index in [0.717, 1.165) is 0 Å². The fraction of sp³-hybridized carbons (Fsp3) is 0.0435. The lowest BCUT2D eigenvalue weighted by Gasteiger charge is -2.09. The van der Waals surface area contributed by atoms with E-state index >= 15 is 0 Å². The smallest absolute Gasteiger partial charge is 0.345 e. The lowest BCUT2D eigenvalue weighted by atomic mass is 10.2. The molecule has 8 heteroatoms. The predicted molar refractivity (Wildman–Crippen MR) is 111 cm³/mol. The third-order valence-corrected chi connectivity index (χ3v) is 3.99. The van der Waals surface area contributed by atoms with Gasteiger partial charge in [-0.1, -0.05) is 36.4 Å². The summed E-state index contributed by atoms with van der Waals surface area (Å²) in [6.07, 6.45) is 0. The average molecular weight is 415 g/mol. The summed E-state index contributed by atoms with van der Waals surface area (Å²) in [4.78, 5) is 24.8. The summed E-state index contributed by atoms with van der Waals surface area (Å²) in [5.41, 5.74) is 0.303. The summed E-state index contributed by atoms with van der Waals surface area (Å²) in [5.74, 6) is 0.984. The predicted octanol–water partition coefficient (Wildman–Crippen LogP) is 4.68. The zero-order valence-corrected chi connectivity index (χ0v) is 16.5. The number of carbonyl (C=O) groups is 1. The van der Waals surface area contributed by atoms with E-state index < -0.39 is 5.97 Å². The SMILES string of the molecule is COc1ccc(C(=O)Oc2nc(Oc3ccccc3)nc(Oc3ccccc3)n2)cc1. The molecule has 1 aromatic heterocycles. The molecule has 4 rings (SSSR count). The Morgan fingerprint density at radius 1 is 0.613 bits per heavy atom. The molecule has 0 fully saturated rings. The van der Waals surface area contributed by atoms with Gasteiger partial charge in [-0.05, 0) is 48.5 Å². The van der Waals surface area contributed by atoms with Crippen molar-refractivity contribution in [3.8, 4) is 35.3 Å². The van der Waals surface area contributed by atoms with E-state index in [0.29, 0.717) is 22.8 Å². The number of esters is 1.